The summed E-state index contributed by atoms with van der Waals surface area (Å²) in [5.41, 5.74) is 0.772. The Morgan fingerprint density at radius 1 is 1.52 bits per heavy atom. The Kier molecular flexibility index (Phi) is 5.12. The molecule has 0 aliphatic carbocycles. The van der Waals surface area contributed by atoms with Crippen molar-refractivity contribution in [1.29, 1.82) is 0 Å². The fraction of sp³-hybridized carbons (Fsp3) is 0.429. The van der Waals surface area contributed by atoms with Gasteiger partial charge in [-0.05, 0) is 12.5 Å². The molecule has 0 unspecified atom stereocenters. The van der Waals surface area contributed by atoms with Crippen LogP contribution < -0.4 is 15.4 Å². The lowest BCUT2D eigenvalue weighted by Crippen LogP contribution is -2.38. The average Bonchev–Trinajstić information content (AvgIpc) is 2.92. The number of rotatable bonds is 6. The molecular formula is C14H17N3O6. The molecule has 0 spiro atoms. The summed E-state index contributed by atoms with van der Waals surface area (Å²) in [6, 6.07) is 2.25. The number of benzene rings is 1. The van der Waals surface area contributed by atoms with Crippen LogP contribution >= 0.6 is 0 Å². The third kappa shape index (κ3) is 3.95. The lowest BCUT2D eigenvalue weighted by Gasteiger charge is -2.12. The van der Waals surface area contributed by atoms with Gasteiger partial charge in [0, 0.05) is 24.2 Å². The molecule has 9 nitrogen and oxygen atoms in total. The van der Waals surface area contributed by atoms with Gasteiger partial charge >= 0.3 is 11.7 Å². The van der Waals surface area contributed by atoms with Gasteiger partial charge in [-0.1, -0.05) is 0 Å². The highest BCUT2D eigenvalue weighted by molar-refractivity contribution is 5.94. The molecule has 9 heteroatoms. The van der Waals surface area contributed by atoms with Crippen molar-refractivity contribution >= 4 is 23.3 Å². The monoisotopic (exact) mass is 323 g/mol. The molecule has 1 atom stereocenters. The summed E-state index contributed by atoms with van der Waals surface area (Å²) < 4.78 is 9.76. The molecule has 1 saturated heterocycles. The van der Waals surface area contributed by atoms with E-state index in [1.807, 2.05) is 0 Å². The Morgan fingerprint density at radius 2 is 2.26 bits per heavy atom. The smallest absolute Gasteiger partial charge is 0.323 e. The van der Waals surface area contributed by atoms with Crippen molar-refractivity contribution in [2.45, 2.75) is 19.4 Å². The SMILES string of the molecule is COc1cc(NC(=O)CN[C@@H]2CCOC2=O)c(C)cc1[N+](=O)[O-]. The van der Waals surface area contributed by atoms with E-state index < -0.39 is 11.0 Å². The van der Waals surface area contributed by atoms with Crippen LogP contribution in [-0.4, -0.2) is 43.1 Å². The van der Waals surface area contributed by atoms with E-state index in [1.165, 1.54) is 19.2 Å². The highest BCUT2D eigenvalue weighted by atomic mass is 16.6. The number of nitrogens with zero attached hydrogens (tertiary/aromatic N) is 1. The van der Waals surface area contributed by atoms with Gasteiger partial charge in [0.2, 0.25) is 5.91 Å². The van der Waals surface area contributed by atoms with Crippen molar-refractivity contribution in [2.75, 3.05) is 25.6 Å². The minimum Gasteiger partial charge on any atom is -0.490 e. The van der Waals surface area contributed by atoms with Gasteiger partial charge in [0.25, 0.3) is 0 Å². The number of carbonyl (C=O) groups excluding carboxylic acids is 2. The number of amides is 1. The Morgan fingerprint density at radius 3 is 2.83 bits per heavy atom. The van der Waals surface area contributed by atoms with Gasteiger partial charge in [-0.15, -0.1) is 0 Å². The zero-order valence-corrected chi connectivity index (χ0v) is 12.8. The van der Waals surface area contributed by atoms with Crippen LogP contribution in [0.4, 0.5) is 11.4 Å². The van der Waals surface area contributed by atoms with E-state index in [-0.39, 0.29) is 29.9 Å². The quantitative estimate of drug-likeness (QED) is 0.450. The van der Waals surface area contributed by atoms with Gasteiger partial charge in [-0.3, -0.25) is 25.0 Å². The first-order valence-corrected chi connectivity index (χ1v) is 6.95. The van der Waals surface area contributed by atoms with Crippen molar-refractivity contribution in [1.82, 2.24) is 5.32 Å². The van der Waals surface area contributed by atoms with Crippen molar-refractivity contribution in [2.24, 2.45) is 0 Å². The van der Waals surface area contributed by atoms with Crippen LogP contribution in [0.5, 0.6) is 5.75 Å². The maximum absolute atomic E-state index is 11.9. The second-order valence-electron chi connectivity index (χ2n) is 5.03. The van der Waals surface area contributed by atoms with Crippen LogP contribution in [-0.2, 0) is 14.3 Å². The number of hydrogen-bond donors (Lipinski definition) is 2. The van der Waals surface area contributed by atoms with Crippen LogP contribution in [0, 0.1) is 17.0 Å². The molecule has 2 rings (SSSR count). The van der Waals surface area contributed by atoms with Gasteiger partial charge in [0.05, 0.1) is 25.2 Å². The molecule has 1 fully saturated rings. The van der Waals surface area contributed by atoms with Gasteiger partial charge in [-0.2, -0.15) is 0 Å². The summed E-state index contributed by atoms with van der Waals surface area (Å²) in [5.74, 6) is -0.682. The Balaban J connectivity index is 2.02. The number of esters is 1. The van der Waals surface area contributed by atoms with Crippen LogP contribution in [0.25, 0.3) is 0 Å². The zero-order valence-electron chi connectivity index (χ0n) is 12.8. The Bertz CT molecular complexity index is 646. The molecule has 1 aliphatic rings. The molecule has 1 amide bonds. The van der Waals surface area contributed by atoms with E-state index in [9.17, 15) is 19.7 Å². The second-order valence-corrected chi connectivity index (χ2v) is 5.03. The fourth-order valence-corrected chi connectivity index (χ4v) is 2.21. The molecule has 0 radical (unpaired) electrons. The number of nitro benzene ring substituents is 1. The van der Waals surface area contributed by atoms with Crippen molar-refractivity contribution in [3.8, 4) is 5.75 Å². The van der Waals surface area contributed by atoms with E-state index in [4.69, 9.17) is 9.47 Å². The molecule has 1 heterocycles. The minimum absolute atomic E-state index is 0.0585. The number of nitro groups is 1. The predicted molar refractivity (Wildman–Crippen MR) is 80.4 cm³/mol. The summed E-state index contributed by atoms with van der Waals surface area (Å²) >= 11 is 0. The topological polar surface area (TPSA) is 120 Å². The standard InChI is InChI=1S/C14H17N3O6/c1-8-5-11(17(20)21)12(22-2)6-10(8)16-13(18)7-15-9-3-4-23-14(9)19/h5-6,9,15H,3-4,7H2,1-2H3,(H,16,18)/t9-/m1/s1. The molecule has 23 heavy (non-hydrogen) atoms. The number of ether oxygens (including phenoxy) is 2. The number of cyclic esters (lactones) is 1. The molecule has 1 aromatic carbocycles. The fourth-order valence-electron chi connectivity index (χ4n) is 2.21. The van der Waals surface area contributed by atoms with E-state index in [2.05, 4.69) is 10.6 Å². The Labute approximate surface area is 132 Å². The zero-order chi connectivity index (χ0) is 17.0. The highest BCUT2D eigenvalue weighted by Gasteiger charge is 2.26. The lowest BCUT2D eigenvalue weighted by molar-refractivity contribution is -0.385. The van der Waals surface area contributed by atoms with Gasteiger partial charge in [0.15, 0.2) is 5.75 Å². The summed E-state index contributed by atoms with van der Waals surface area (Å²) in [7, 11) is 1.32. The predicted octanol–water partition coefficient (Wildman–Crippen LogP) is 0.755. The molecule has 0 aromatic heterocycles. The number of methoxy groups -OCH3 is 1. The Hall–Kier alpha value is -2.68. The van der Waals surface area contributed by atoms with Crippen molar-refractivity contribution in [3.63, 3.8) is 0 Å². The lowest BCUT2D eigenvalue weighted by atomic mass is 10.1. The van der Waals surface area contributed by atoms with Crippen molar-refractivity contribution in [3.05, 3.63) is 27.8 Å². The average molecular weight is 323 g/mol. The third-order valence-electron chi connectivity index (χ3n) is 3.44. The number of aryl methyl sites for hydroxylation is 1. The summed E-state index contributed by atoms with van der Waals surface area (Å²) in [6.45, 7) is 1.92. The number of nitrogens with one attached hydrogen (secondary N) is 2. The second kappa shape index (κ2) is 7.05. The maximum atomic E-state index is 11.9. The first-order chi connectivity index (χ1) is 10.9. The van der Waals surface area contributed by atoms with Crippen LogP contribution in [0.3, 0.4) is 0 Å². The summed E-state index contributed by atoms with van der Waals surface area (Å²) in [5, 5.41) is 16.4. The van der Waals surface area contributed by atoms with Gasteiger partial charge < -0.3 is 14.8 Å². The van der Waals surface area contributed by atoms with E-state index in [0.717, 1.165) is 0 Å². The van der Waals surface area contributed by atoms with Crippen molar-refractivity contribution < 1.29 is 24.0 Å². The normalized spacial score (nSPS) is 16.8. The molecule has 0 bridgehead atoms. The molecule has 1 aliphatic heterocycles. The number of carbonyl (C=O) groups is 2. The minimum atomic E-state index is -0.551. The van der Waals surface area contributed by atoms with E-state index >= 15 is 0 Å². The third-order valence-corrected chi connectivity index (χ3v) is 3.44. The first kappa shape index (κ1) is 16.7. The van der Waals surface area contributed by atoms with Crippen LogP contribution in [0.1, 0.15) is 12.0 Å². The highest BCUT2D eigenvalue weighted by Crippen LogP contribution is 2.32. The molecule has 0 saturated carbocycles. The van der Waals surface area contributed by atoms with Gasteiger partial charge in [0.1, 0.15) is 6.04 Å². The number of hydrogen-bond acceptors (Lipinski definition) is 7. The largest absolute Gasteiger partial charge is 0.490 e. The van der Waals surface area contributed by atoms with Gasteiger partial charge in [-0.25, -0.2) is 0 Å². The molecule has 124 valence electrons. The first-order valence-electron chi connectivity index (χ1n) is 6.95. The maximum Gasteiger partial charge on any atom is 0.323 e. The van der Waals surface area contributed by atoms with E-state index in [0.29, 0.717) is 24.3 Å². The number of anilines is 1. The summed E-state index contributed by atoms with van der Waals surface area (Å²) in [4.78, 5) is 33.6. The van der Waals surface area contributed by atoms with E-state index in [1.54, 1.807) is 6.92 Å². The van der Waals surface area contributed by atoms with Crippen LogP contribution in [0.2, 0.25) is 0 Å². The molecule has 1 aromatic rings. The summed E-state index contributed by atoms with van der Waals surface area (Å²) in [6.07, 6.45) is 0.524. The molecular weight excluding hydrogens is 306 g/mol. The van der Waals surface area contributed by atoms with Crippen LogP contribution in [0.15, 0.2) is 12.1 Å². The molecule has 2 N–H and O–H groups in total.